The molecular weight excluding hydrogens is 374 g/mol. The minimum absolute atomic E-state index is 0.00119. The van der Waals surface area contributed by atoms with Crippen LogP contribution in [0.15, 0.2) is 40.1 Å². The molecule has 0 unspecified atom stereocenters. The molecule has 0 radical (unpaired) electrons. The number of aryl methyl sites for hydroxylation is 3. The molecule has 28 heavy (non-hydrogen) atoms. The second-order valence-corrected chi connectivity index (χ2v) is 8.14. The molecule has 0 amide bonds. The fourth-order valence-electron chi connectivity index (χ4n) is 3.80. The summed E-state index contributed by atoms with van der Waals surface area (Å²) in [4.78, 5) is 27.8. The minimum Gasteiger partial charge on any atom is -0.395 e. The third-order valence-corrected chi connectivity index (χ3v) is 6.79. The van der Waals surface area contributed by atoms with E-state index in [1.807, 2.05) is 36.9 Å². The fourth-order valence-corrected chi connectivity index (χ4v) is 5.03. The number of thiophene rings is 1. The maximum atomic E-state index is 13.1. The van der Waals surface area contributed by atoms with Gasteiger partial charge < -0.3 is 9.67 Å². The molecule has 4 rings (SSSR count). The monoisotopic (exact) mass is 397 g/mol. The van der Waals surface area contributed by atoms with E-state index in [1.165, 1.54) is 11.3 Å². The number of aliphatic hydroxyl groups excluding tert-OH is 1. The third-order valence-electron chi connectivity index (χ3n) is 5.33. The second kappa shape index (κ2) is 7.07. The van der Waals surface area contributed by atoms with Gasteiger partial charge in [-0.05, 0) is 42.0 Å². The van der Waals surface area contributed by atoms with Crippen LogP contribution in [0.2, 0.25) is 0 Å². The Kier molecular flexibility index (Phi) is 4.72. The lowest BCUT2D eigenvalue weighted by molar-refractivity contribution is 0.270. The largest absolute Gasteiger partial charge is 0.395 e. The van der Waals surface area contributed by atoms with Crippen LogP contribution in [0.3, 0.4) is 0 Å². The summed E-state index contributed by atoms with van der Waals surface area (Å²) >= 11 is 1.52. The number of benzene rings is 1. The first kappa shape index (κ1) is 18.7. The van der Waals surface area contributed by atoms with Gasteiger partial charge in [0.25, 0.3) is 5.56 Å². The number of fused-ring (bicyclic) bond motifs is 2. The smallest absolute Gasteiger partial charge is 0.332 e. The van der Waals surface area contributed by atoms with E-state index in [1.54, 1.807) is 4.57 Å². The van der Waals surface area contributed by atoms with Crippen LogP contribution >= 0.6 is 11.3 Å². The van der Waals surface area contributed by atoms with Gasteiger partial charge >= 0.3 is 5.69 Å². The van der Waals surface area contributed by atoms with Crippen LogP contribution in [0.5, 0.6) is 0 Å². The van der Waals surface area contributed by atoms with E-state index in [0.717, 1.165) is 37.9 Å². The average Bonchev–Trinajstić information content (AvgIpc) is 3.22. The molecule has 0 saturated heterocycles. The van der Waals surface area contributed by atoms with E-state index in [4.69, 9.17) is 0 Å². The van der Waals surface area contributed by atoms with Crippen molar-refractivity contribution >= 4 is 32.5 Å². The molecule has 146 valence electrons. The van der Waals surface area contributed by atoms with Crippen LogP contribution in [-0.2, 0) is 26.6 Å². The van der Waals surface area contributed by atoms with Crippen molar-refractivity contribution in [3.8, 4) is 0 Å². The summed E-state index contributed by atoms with van der Waals surface area (Å²) in [5.41, 5.74) is 2.35. The molecule has 0 aliphatic heterocycles. The van der Waals surface area contributed by atoms with Crippen molar-refractivity contribution < 1.29 is 5.11 Å². The van der Waals surface area contributed by atoms with Crippen molar-refractivity contribution in [1.29, 1.82) is 0 Å². The van der Waals surface area contributed by atoms with E-state index in [9.17, 15) is 14.7 Å². The minimum atomic E-state index is -0.373. The van der Waals surface area contributed by atoms with E-state index >= 15 is 0 Å². The Morgan fingerprint density at radius 2 is 1.93 bits per heavy atom. The Morgan fingerprint density at radius 1 is 1.14 bits per heavy atom. The van der Waals surface area contributed by atoms with E-state index in [0.29, 0.717) is 16.8 Å². The second-order valence-electron chi connectivity index (χ2n) is 7.05. The maximum absolute atomic E-state index is 13.1. The summed E-state index contributed by atoms with van der Waals surface area (Å²) in [7, 11) is 1.99. The number of aliphatic hydroxyl groups is 1. The first-order valence-electron chi connectivity index (χ1n) is 9.36. The Balaban J connectivity index is 1.97. The molecular formula is C21H23N3O3S. The highest BCUT2D eigenvalue weighted by molar-refractivity contribution is 7.18. The number of hydrogen-bond donors (Lipinski definition) is 1. The first-order chi connectivity index (χ1) is 13.5. The fraction of sp³-hybridized carbons (Fsp3) is 0.333. The van der Waals surface area contributed by atoms with E-state index in [2.05, 4.69) is 19.1 Å². The van der Waals surface area contributed by atoms with Gasteiger partial charge in [-0.15, -0.1) is 11.3 Å². The lowest BCUT2D eigenvalue weighted by atomic mass is 10.1. The molecule has 0 aliphatic rings. The van der Waals surface area contributed by atoms with Gasteiger partial charge in [0.15, 0.2) is 0 Å². The Labute approximate surface area is 165 Å². The van der Waals surface area contributed by atoms with Crippen LogP contribution in [0, 0.1) is 6.92 Å². The molecule has 1 N–H and O–H groups in total. The molecule has 0 spiro atoms. The SMILES string of the molecule is CCc1sc2c(c1C)c(=O)n(CCO)c(=O)n2Cc1ccc2ccn(C)c2c1. The van der Waals surface area contributed by atoms with Crippen molar-refractivity contribution in [2.75, 3.05) is 6.61 Å². The van der Waals surface area contributed by atoms with Crippen LogP contribution in [0.1, 0.15) is 22.9 Å². The van der Waals surface area contributed by atoms with Gasteiger partial charge in [0.2, 0.25) is 0 Å². The number of hydrogen-bond acceptors (Lipinski definition) is 4. The molecule has 7 heteroatoms. The predicted octanol–water partition coefficient (Wildman–Crippen LogP) is 2.63. The zero-order valence-electron chi connectivity index (χ0n) is 16.2. The summed E-state index contributed by atoms with van der Waals surface area (Å²) in [5, 5.41) is 11.1. The van der Waals surface area contributed by atoms with Crippen molar-refractivity contribution in [2.45, 2.75) is 33.4 Å². The Hall–Kier alpha value is -2.64. The quantitative estimate of drug-likeness (QED) is 0.563. The van der Waals surface area contributed by atoms with Crippen LogP contribution in [0.4, 0.5) is 0 Å². The topological polar surface area (TPSA) is 69.2 Å². The Morgan fingerprint density at radius 3 is 2.64 bits per heavy atom. The van der Waals surface area contributed by atoms with E-state index < -0.39 is 0 Å². The van der Waals surface area contributed by atoms with Gasteiger partial charge in [0.1, 0.15) is 4.83 Å². The third kappa shape index (κ3) is 2.82. The van der Waals surface area contributed by atoms with Crippen molar-refractivity contribution in [1.82, 2.24) is 13.7 Å². The summed E-state index contributed by atoms with van der Waals surface area (Å²) in [6.07, 6.45) is 2.82. The lowest BCUT2D eigenvalue weighted by Crippen LogP contribution is -2.40. The molecule has 0 atom stereocenters. The highest BCUT2D eigenvalue weighted by Crippen LogP contribution is 2.28. The molecule has 6 nitrogen and oxygen atoms in total. The number of aromatic nitrogens is 3. The summed E-state index contributed by atoms with van der Waals surface area (Å²) in [5.74, 6) is 0. The molecule has 1 aromatic carbocycles. The normalized spacial score (nSPS) is 11.7. The van der Waals surface area contributed by atoms with Gasteiger partial charge in [0.05, 0.1) is 25.1 Å². The molecule has 3 heterocycles. The maximum Gasteiger partial charge on any atom is 0.332 e. The predicted molar refractivity (Wildman–Crippen MR) is 114 cm³/mol. The lowest BCUT2D eigenvalue weighted by Gasteiger charge is -2.12. The molecule has 0 saturated carbocycles. The molecule has 0 fully saturated rings. The van der Waals surface area contributed by atoms with Crippen LogP contribution in [-0.4, -0.2) is 25.4 Å². The standard InChI is InChI=1S/C21H23N3O3S/c1-4-17-13(2)18-19(26)23(9-10-25)21(27)24(20(18)28-17)12-14-5-6-15-7-8-22(3)16(15)11-14/h5-8,11,25H,4,9-10,12H2,1-3H3. The van der Waals surface area contributed by atoms with E-state index in [-0.39, 0.29) is 24.4 Å². The zero-order chi connectivity index (χ0) is 20.0. The van der Waals surface area contributed by atoms with Gasteiger partial charge in [-0.25, -0.2) is 4.79 Å². The molecule has 0 bridgehead atoms. The average molecular weight is 398 g/mol. The van der Waals surface area contributed by atoms with Crippen molar-refractivity contribution in [3.05, 3.63) is 67.3 Å². The summed E-state index contributed by atoms with van der Waals surface area (Å²) < 4.78 is 4.88. The van der Waals surface area contributed by atoms with Gasteiger partial charge in [-0.2, -0.15) is 0 Å². The molecule has 3 aromatic heterocycles. The van der Waals surface area contributed by atoms with Crippen LogP contribution < -0.4 is 11.2 Å². The summed E-state index contributed by atoms with van der Waals surface area (Å²) in [6, 6.07) is 8.20. The van der Waals surface area contributed by atoms with Crippen molar-refractivity contribution in [2.24, 2.45) is 7.05 Å². The molecule has 4 aromatic rings. The first-order valence-corrected chi connectivity index (χ1v) is 10.2. The van der Waals surface area contributed by atoms with Gasteiger partial charge in [-0.3, -0.25) is 13.9 Å². The highest BCUT2D eigenvalue weighted by atomic mass is 32.1. The number of rotatable bonds is 5. The van der Waals surface area contributed by atoms with Gasteiger partial charge in [-0.1, -0.05) is 19.1 Å². The molecule has 0 aliphatic carbocycles. The summed E-state index contributed by atoms with van der Waals surface area (Å²) in [6.45, 7) is 4.12. The zero-order valence-corrected chi connectivity index (χ0v) is 17.0. The highest BCUT2D eigenvalue weighted by Gasteiger charge is 2.19. The van der Waals surface area contributed by atoms with Gasteiger partial charge in [0, 0.05) is 23.6 Å². The van der Waals surface area contributed by atoms with Crippen molar-refractivity contribution in [3.63, 3.8) is 0 Å². The number of nitrogens with zero attached hydrogens (tertiary/aromatic N) is 3. The van der Waals surface area contributed by atoms with Crippen LogP contribution in [0.25, 0.3) is 21.1 Å². The Bertz CT molecular complexity index is 1310.